The van der Waals surface area contributed by atoms with Crippen LogP contribution in [-0.2, 0) is 4.79 Å². The number of imidazole rings is 1. The summed E-state index contributed by atoms with van der Waals surface area (Å²) in [6.07, 6.45) is 4.74. The molecule has 3 rings (SSSR count). The Balaban J connectivity index is 1.43. The molecular formula is C26H36N4OS3. The summed E-state index contributed by atoms with van der Waals surface area (Å²) in [7, 11) is 0. The zero-order valence-corrected chi connectivity index (χ0v) is 23.3. The SMILES string of the molecule is Cc1cc(SC(C)C)c(NC(=O)CCCCCCSc2nc3ccccc3[nH]2)c(SC(C)C)n1. The van der Waals surface area contributed by atoms with Crippen LogP contribution in [-0.4, -0.2) is 37.1 Å². The highest BCUT2D eigenvalue weighted by atomic mass is 32.2. The van der Waals surface area contributed by atoms with Gasteiger partial charge in [0.2, 0.25) is 5.91 Å². The van der Waals surface area contributed by atoms with Crippen molar-refractivity contribution in [3.63, 3.8) is 0 Å². The minimum atomic E-state index is 0.0820. The van der Waals surface area contributed by atoms with Gasteiger partial charge in [0.25, 0.3) is 0 Å². The molecule has 1 aromatic carbocycles. The molecule has 2 heterocycles. The predicted octanol–water partition coefficient (Wildman–Crippen LogP) is 7.95. The third kappa shape index (κ3) is 8.54. The summed E-state index contributed by atoms with van der Waals surface area (Å²) in [6.45, 7) is 10.7. The molecule has 0 spiro atoms. The number of carbonyl (C=O) groups excluding carboxylic acids is 1. The number of nitrogens with one attached hydrogen (secondary N) is 2. The number of pyridine rings is 1. The Morgan fingerprint density at radius 3 is 2.47 bits per heavy atom. The van der Waals surface area contributed by atoms with E-state index >= 15 is 0 Å². The quantitative estimate of drug-likeness (QED) is 0.177. The molecule has 1 amide bonds. The summed E-state index contributed by atoms with van der Waals surface area (Å²) in [5.41, 5.74) is 3.98. The summed E-state index contributed by atoms with van der Waals surface area (Å²) in [5, 5.41) is 5.94. The molecule has 0 saturated heterocycles. The Bertz CT molecular complexity index is 1020. The van der Waals surface area contributed by atoms with Gasteiger partial charge in [-0.05, 0) is 38.0 Å². The average Bonchev–Trinajstić information content (AvgIpc) is 3.17. The van der Waals surface area contributed by atoms with Crippen molar-refractivity contribution in [3.8, 4) is 0 Å². The van der Waals surface area contributed by atoms with E-state index in [9.17, 15) is 4.79 Å². The van der Waals surface area contributed by atoms with Gasteiger partial charge in [0.05, 0.1) is 16.7 Å². The van der Waals surface area contributed by atoms with Gasteiger partial charge in [-0.25, -0.2) is 9.97 Å². The Morgan fingerprint density at radius 2 is 1.74 bits per heavy atom. The fraction of sp³-hybridized carbons (Fsp3) is 0.500. The number of anilines is 1. The lowest BCUT2D eigenvalue weighted by Crippen LogP contribution is -2.14. The fourth-order valence-corrected chi connectivity index (χ4v) is 6.38. The zero-order chi connectivity index (χ0) is 24.5. The van der Waals surface area contributed by atoms with Crippen molar-refractivity contribution in [2.24, 2.45) is 0 Å². The van der Waals surface area contributed by atoms with E-state index in [1.807, 2.05) is 25.1 Å². The van der Waals surface area contributed by atoms with Crippen LogP contribution in [0.25, 0.3) is 11.0 Å². The predicted molar refractivity (Wildman–Crippen MR) is 149 cm³/mol. The Morgan fingerprint density at radius 1 is 1.00 bits per heavy atom. The number of benzene rings is 1. The molecule has 3 aromatic rings. The number of carbonyl (C=O) groups is 1. The lowest BCUT2D eigenvalue weighted by atomic mass is 10.1. The number of unbranched alkanes of at least 4 members (excludes halogenated alkanes) is 3. The number of thioether (sulfide) groups is 3. The van der Waals surface area contributed by atoms with E-state index in [4.69, 9.17) is 4.98 Å². The van der Waals surface area contributed by atoms with Crippen molar-refractivity contribution < 1.29 is 4.79 Å². The van der Waals surface area contributed by atoms with E-state index < -0.39 is 0 Å². The number of hydrogen-bond acceptors (Lipinski definition) is 6. The molecule has 184 valence electrons. The van der Waals surface area contributed by atoms with Gasteiger partial charge in [0, 0.05) is 33.3 Å². The van der Waals surface area contributed by atoms with Gasteiger partial charge in [-0.3, -0.25) is 4.79 Å². The number of nitrogens with zero attached hydrogens (tertiary/aromatic N) is 2. The molecule has 0 radical (unpaired) electrons. The van der Waals surface area contributed by atoms with Crippen molar-refractivity contribution in [2.45, 2.75) is 92.3 Å². The first-order valence-electron chi connectivity index (χ1n) is 12.0. The lowest BCUT2D eigenvalue weighted by Gasteiger charge is -2.18. The van der Waals surface area contributed by atoms with Crippen LogP contribution in [0.5, 0.6) is 0 Å². The second kappa shape index (κ2) is 13.4. The van der Waals surface area contributed by atoms with Crippen LogP contribution in [0.4, 0.5) is 5.69 Å². The van der Waals surface area contributed by atoms with E-state index in [0.29, 0.717) is 16.9 Å². The second-order valence-corrected chi connectivity index (χ2v) is 13.2. The van der Waals surface area contributed by atoms with Crippen LogP contribution < -0.4 is 5.32 Å². The highest BCUT2D eigenvalue weighted by Gasteiger charge is 2.17. The number of amides is 1. The normalized spacial score (nSPS) is 11.6. The van der Waals surface area contributed by atoms with Crippen molar-refractivity contribution in [1.82, 2.24) is 15.0 Å². The summed E-state index contributed by atoms with van der Waals surface area (Å²) < 4.78 is 0. The number of aromatic amines is 1. The smallest absolute Gasteiger partial charge is 0.224 e. The number of para-hydroxylation sites is 2. The molecule has 2 aromatic heterocycles. The maximum absolute atomic E-state index is 12.8. The van der Waals surface area contributed by atoms with Gasteiger partial charge < -0.3 is 10.3 Å². The fourth-order valence-electron chi connectivity index (χ4n) is 3.50. The zero-order valence-electron chi connectivity index (χ0n) is 20.8. The first-order chi connectivity index (χ1) is 16.3. The van der Waals surface area contributed by atoms with Gasteiger partial charge >= 0.3 is 0 Å². The molecule has 0 saturated carbocycles. The molecule has 2 N–H and O–H groups in total. The number of H-pyrrole nitrogens is 1. The van der Waals surface area contributed by atoms with Crippen molar-refractivity contribution >= 4 is 57.9 Å². The number of hydrogen-bond donors (Lipinski definition) is 2. The monoisotopic (exact) mass is 516 g/mol. The minimum absolute atomic E-state index is 0.0820. The number of rotatable bonds is 13. The summed E-state index contributed by atoms with van der Waals surface area (Å²) in [5.74, 6) is 1.12. The largest absolute Gasteiger partial charge is 0.333 e. The molecule has 0 bridgehead atoms. The van der Waals surface area contributed by atoms with Crippen LogP contribution in [0.1, 0.15) is 65.5 Å². The minimum Gasteiger partial charge on any atom is -0.333 e. The summed E-state index contributed by atoms with van der Waals surface area (Å²) in [6, 6.07) is 10.2. The molecule has 5 nitrogen and oxygen atoms in total. The van der Waals surface area contributed by atoms with Gasteiger partial charge in [-0.2, -0.15) is 0 Å². The molecule has 0 aliphatic heterocycles. The maximum Gasteiger partial charge on any atom is 0.224 e. The van der Waals surface area contributed by atoms with Gasteiger partial charge in [0.1, 0.15) is 5.03 Å². The second-order valence-electron chi connectivity index (χ2n) is 8.90. The number of aryl methyl sites for hydroxylation is 1. The van der Waals surface area contributed by atoms with E-state index in [0.717, 1.165) is 68.9 Å². The van der Waals surface area contributed by atoms with Gasteiger partial charge in [-0.1, -0.05) is 64.4 Å². The maximum atomic E-state index is 12.8. The van der Waals surface area contributed by atoms with Crippen LogP contribution >= 0.6 is 35.3 Å². The van der Waals surface area contributed by atoms with Crippen molar-refractivity contribution in [1.29, 1.82) is 0 Å². The van der Waals surface area contributed by atoms with E-state index in [1.54, 1.807) is 35.3 Å². The van der Waals surface area contributed by atoms with E-state index in [2.05, 4.69) is 55.1 Å². The van der Waals surface area contributed by atoms with Crippen LogP contribution in [0.3, 0.4) is 0 Å². The highest BCUT2D eigenvalue weighted by Crippen LogP contribution is 2.38. The molecule has 0 fully saturated rings. The summed E-state index contributed by atoms with van der Waals surface area (Å²) >= 11 is 5.26. The lowest BCUT2D eigenvalue weighted by molar-refractivity contribution is -0.116. The third-order valence-corrected chi connectivity index (χ3v) is 7.95. The Hall–Kier alpha value is -1.64. The first kappa shape index (κ1) is 27.0. The Labute approximate surface area is 216 Å². The summed E-state index contributed by atoms with van der Waals surface area (Å²) in [4.78, 5) is 26.6. The topological polar surface area (TPSA) is 70.7 Å². The Kier molecular flexibility index (Phi) is 10.7. The van der Waals surface area contributed by atoms with Crippen LogP contribution in [0.15, 0.2) is 45.4 Å². The highest BCUT2D eigenvalue weighted by molar-refractivity contribution is 8.01. The molecule has 8 heteroatoms. The van der Waals surface area contributed by atoms with E-state index in [-0.39, 0.29) is 5.91 Å². The first-order valence-corrected chi connectivity index (χ1v) is 14.8. The third-order valence-electron chi connectivity index (χ3n) is 4.96. The van der Waals surface area contributed by atoms with E-state index in [1.165, 1.54) is 0 Å². The average molecular weight is 517 g/mol. The molecule has 0 unspecified atom stereocenters. The van der Waals surface area contributed by atoms with Crippen molar-refractivity contribution in [3.05, 3.63) is 36.0 Å². The van der Waals surface area contributed by atoms with Gasteiger partial charge in [0.15, 0.2) is 5.16 Å². The molecule has 34 heavy (non-hydrogen) atoms. The molecular weight excluding hydrogens is 481 g/mol. The molecule has 0 atom stereocenters. The van der Waals surface area contributed by atoms with Crippen LogP contribution in [0, 0.1) is 6.92 Å². The number of fused-ring (bicyclic) bond motifs is 1. The van der Waals surface area contributed by atoms with Gasteiger partial charge in [-0.15, -0.1) is 23.5 Å². The van der Waals surface area contributed by atoms with Crippen molar-refractivity contribution in [2.75, 3.05) is 11.1 Å². The molecule has 0 aliphatic rings. The standard InChI is InChI=1S/C26H36N4OS3/c1-17(2)33-22-16-19(5)27-25(34-18(3)4)24(22)30-23(31)14-8-6-7-11-15-32-26-28-20-12-9-10-13-21(20)29-26/h9-10,12-13,16-18H,6-8,11,14-15H2,1-5H3,(H,28,29)(H,30,31). The number of aromatic nitrogens is 3. The molecule has 0 aliphatic carbocycles. The van der Waals surface area contributed by atoms with Crippen LogP contribution in [0.2, 0.25) is 0 Å².